The number of anilines is 1. The van der Waals surface area contributed by atoms with Gasteiger partial charge < -0.3 is 15.1 Å². The molecule has 1 N–H and O–H groups in total. The lowest BCUT2D eigenvalue weighted by molar-refractivity contribution is -0.136. The van der Waals surface area contributed by atoms with E-state index in [0.717, 1.165) is 37.7 Å². The Morgan fingerprint density at radius 3 is 2.77 bits per heavy atom. The average molecular weight is 435 g/mol. The third kappa shape index (κ3) is 5.32. The first kappa shape index (κ1) is 22.3. The fraction of sp³-hybridized carbons (Fsp3) is 0.625. The highest BCUT2D eigenvalue weighted by molar-refractivity contribution is 5.94. The van der Waals surface area contributed by atoms with Crippen LogP contribution >= 0.6 is 0 Å². The maximum absolute atomic E-state index is 13.5. The molecule has 1 aromatic carbocycles. The van der Waals surface area contributed by atoms with E-state index >= 15 is 0 Å². The largest absolute Gasteiger partial charge is 0.418 e. The Morgan fingerprint density at radius 2 is 2.00 bits per heavy atom. The number of rotatable bonds is 5. The minimum Gasteiger partial charge on any atom is -0.369 e. The zero-order valence-electron chi connectivity index (χ0n) is 18.5. The van der Waals surface area contributed by atoms with Gasteiger partial charge in [-0.1, -0.05) is 6.92 Å². The Kier molecular flexibility index (Phi) is 6.72. The van der Waals surface area contributed by atoms with Crippen LogP contribution in [0.3, 0.4) is 0 Å². The Balaban J connectivity index is 1.46. The molecule has 3 heterocycles. The summed E-state index contributed by atoms with van der Waals surface area (Å²) in [6.07, 6.45) is 1.90. The first-order chi connectivity index (χ1) is 14.8. The van der Waals surface area contributed by atoms with Crippen molar-refractivity contribution in [2.75, 3.05) is 44.7 Å². The molecule has 0 amide bonds. The molecule has 1 aromatic heterocycles. The summed E-state index contributed by atoms with van der Waals surface area (Å²) in [6, 6.07) is 6.63. The van der Waals surface area contributed by atoms with Crippen molar-refractivity contribution in [2.24, 2.45) is 11.8 Å². The lowest BCUT2D eigenvalue weighted by Crippen LogP contribution is -2.49. The molecule has 170 valence electrons. The number of aromatic nitrogens is 1. The van der Waals surface area contributed by atoms with Crippen LogP contribution in [-0.2, 0) is 6.18 Å². The number of halogens is 3. The fourth-order valence-electron chi connectivity index (χ4n) is 5.36. The van der Waals surface area contributed by atoms with Crippen LogP contribution in [0.1, 0.15) is 38.2 Å². The Hall–Kier alpha value is -1.86. The Morgan fingerprint density at radius 1 is 1.16 bits per heavy atom. The molecular formula is C24H33F3N4. The van der Waals surface area contributed by atoms with Crippen LogP contribution < -0.4 is 10.2 Å². The number of fused-ring (bicyclic) bond motifs is 1. The van der Waals surface area contributed by atoms with Gasteiger partial charge in [0.05, 0.1) is 11.1 Å². The zero-order valence-corrected chi connectivity index (χ0v) is 18.5. The van der Waals surface area contributed by atoms with Crippen molar-refractivity contribution >= 4 is 16.6 Å². The summed E-state index contributed by atoms with van der Waals surface area (Å²) in [5, 5.41) is 4.32. The molecule has 31 heavy (non-hydrogen) atoms. The number of alkyl halides is 3. The van der Waals surface area contributed by atoms with E-state index in [0.29, 0.717) is 17.3 Å². The Bertz CT molecular complexity index is 885. The standard InChI is InChI=1S/C24H33F3N4/c1-17-13-19(28-11-9-18-5-4-12-30(2)15-18)16-31(14-17)22-8-7-21(24(25,26)27)23-20(22)6-3-10-29-23/h3,6-8,10,17-19,28H,4-5,9,11-16H2,1-2H3/t17-,18?,19+/m0/s1. The highest BCUT2D eigenvalue weighted by Gasteiger charge is 2.34. The van der Waals surface area contributed by atoms with Crippen molar-refractivity contribution in [3.63, 3.8) is 0 Å². The lowest BCUT2D eigenvalue weighted by atomic mass is 9.93. The van der Waals surface area contributed by atoms with Gasteiger partial charge in [-0.05, 0) is 81.9 Å². The van der Waals surface area contributed by atoms with Crippen LogP contribution in [0.15, 0.2) is 30.5 Å². The number of piperidine rings is 2. The minimum atomic E-state index is -4.41. The second-order valence-corrected chi connectivity index (χ2v) is 9.49. The third-order valence-corrected chi connectivity index (χ3v) is 6.76. The van der Waals surface area contributed by atoms with Crippen LogP contribution in [-0.4, -0.2) is 55.7 Å². The van der Waals surface area contributed by atoms with Gasteiger partial charge >= 0.3 is 6.18 Å². The highest BCUT2D eigenvalue weighted by Crippen LogP contribution is 2.38. The molecule has 2 aromatic rings. The molecule has 0 saturated carbocycles. The van der Waals surface area contributed by atoms with E-state index in [-0.39, 0.29) is 5.52 Å². The number of benzene rings is 1. The SMILES string of the molecule is C[C@H]1C[C@@H](NCCC2CCCN(C)C2)CN(c2ccc(C(F)(F)F)c3ncccc23)C1. The predicted molar refractivity (Wildman–Crippen MR) is 119 cm³/mol. The second kappa shape index (κ2) is 9.33. The van der Waals surface area contributed by atoms with Gasteiger partial charge in [-0.25, -0.2) is 0 Å². The quantitative estimate of drug-likeness (QED) is 0.733. The normalized spacial score (nSPS) is 25.8. The van der Waals surface area contributed by atoms with E-state index in [2.05, 4.69) is 34.1 Å². The molecule has 4 rings (SSSR count). The highest BCUT2D eigenvalue weighted by atomic mass is 19.4. The predicted octanol–water partition coefficient (Wildman–Crippen LogP) is 4.79. The molecule has 2 saturated heterocycles. The molecule has 7 heteroatoms. The molecule has 0 bridgehead atoms. The Labute approximate surface area is 182 Å². The van der Waals surface area contributed by atoms with Crippen molar-refractivity contribution in [2.45, 2.75) is 44.8 Å². The maximum atomic E-state index is 13.5. The summed E-state index contributed by atoms with van der Waals surface area (Å²) >= 11 is 0. The van der Waals surface area contributed by atoms with Gasteiger partial charge in [0.1, 0.15) is 0 Å². The van der Waals surface area contributed by atoms with Crippen LogP contribution in [0.2, 0.25) is 0 Å². The molecule has 0 radical (unpaired) electrons. The van der Waals surface area contributed by atoms with Crippen molar-refractivity contribution < 1.29 is 13.2 Å². The number of hydrogen-bond donors (Lipinski definition) is 1. The summed E-state index contributed by atoms with van der Waals surface area (Å²) < 4.78 is 40.4. The van der Waals surface area contributed by atoms with Crippen LogP contribution in [0, 0.1) is 11.8 Å². The third-order valence-electron chi connectivity index (χ3n) is 6.76. The summed E-state index contributed by atoms with van der Waals surface area (Å²) in [6.45, 7) is 7.26. The van der Waals surface area contributed by atoms with Gasteiger partial charge in [0, 0.05) is 42.9 Å². The molecule has 0 aliphatic carbocycles. The summed E-state index contributed by atoms with van der Waals surface area (Å²) in [4.78, 5) is 8.74. The molecule has 2 fully saturated rings. The fourth-order valence-corrected chi connectivity index (χ4v) is 5.36. The first-order valence-corrected chi connectivity index (χ1v) is 11.4. The van der Waals surface area contributed by atoms with Gasteiger partial charge in [-0.2, -0.15) is 13.2 Å². The van der Waals surface area contributed by atoms with E-state index in [1.807, 2.05) is 0 Å². The van der Waals surface area contributed by atoms with Gasteiger partial charge in [0.2, 0.25) is 0 Å². The summed E-state index contributed by atoms with van der Waals surface area (Å²) in [5.41, 5.74) is 0.226. The number of likely N-dealkylation sites (tertiary alicyclic amines) is 1. The second-order valence-electron chi connectivity index (χ2n) is 9.49. The van der Waals surface area contributed by atoms with Crippen molar-refractivity contribution in [3.05, 3.63) is 36.0 Å². The minimum absolute atomic E-state index is 0.0386. The molecule has 2 aliphatic rings. The monoisotopic (exact) mass is 434 g/mol. The van der Waals surface area contributed by atoms with Crippen LogP contribution in [0.25, 0.3) is 10.9 Å². The van der Waals surface area contributed by atoms with Crippen LogP contribution in [0.5, 0.6) is 0 Å². The summed E-state index contributed by atoms with van der Waals surface area (Å²) in [5.74, 6) is 1.23. The number of hydrogen-bond acceptors (Lipinski definition) is 4. The van der Waals surface area contributed by atoms with E-state index < -0.39 is 11.7 Å². The molecule has 4 nitrogen and oxygen atoms in total. The smallest absolute Gasteiger partial charge is 0.369 e. The summed E-state index contributed by atoms with van der Waals surface area (Å²) in [7, 11) is 2.20. The van der Waals surface area contributed by atoms with Gasteiger partial charge in [-0.3, -0.25) is 4.98 Å². The van der Waals surface area contributed by atoms with E-state index in [4.69, 9.17) is 0 Å². The molecule has 1 unspecified atom stereocenters. The topological polar surface area (TPSA) is 31.4 Å². The van der Waals surface area contributed by atoms with Crippen molar-refractivity contribution in [3.8, 4) is 0 Å². The zero-order chi connectivity index (χ0) is 22.0. The maximum Gasteiger partial charge on any atom is 0.418 e. The number of nitrogens with one attached hydrogen (secondary N) is 1. The van der Waals surface area contributed by atoms with Crippen LogP contribution in [0.4, 0.5) is 18.9 Å². The molecule has 2 aliphatic heterocycles. The van der Waals surface area contributed by atoms with Crippen molar-refractivity contribution in [1.29, 1.82) is 0 Å². The number of nitrogens with zero attached hydrogens (tertiary/aromatic N) is 3. The van der Waals surface area contributed by atoms with E-state index in [1.165, 1.54) is 44.6 Å². The number of pyridine rings is 1. The van der Waals surface area contributed by atoms with Gasteiger partial charge in [0.25, 0.3) is 0 Å². The van der Waals surface area contributed by atoms with E-state index in [1.54, 1.807) is 18.2 Å². The average Bonchev–Trinajstić information content (AvgIpc) is 2.72. The first-order valence-electron chi connectivity index (χ1n) is 11.4. The van der Waals surface area contributed by atoms with Crippen molar-refractivity contribution in [1.82, 2.24) is 15.2 Å². The lowest BCUT2D eigenvalue weighted by Gasteiger charge is -2.39. The van der Waals surface area contributed by atoms with Gasteiger partial charge in [-0.15, -0.1) is 0 Å². The van der Waals surface area contributed by atoms with E-state index in [9.17, 15) is 13.2 Å². The molecule has 0 spiro atoms. The molecular weight excluding hydrogens is 401 g/mol. The molecule has 3 atom stereocenters. The van der Waals surface area contributed by atoms with Gasteiger partial charge in [0.15, 0.2) is 0 Å².